The monoisotopic (exact) mass is 184 g/mol. The number of hydrogen-bond donors (Lipinski definition) is 1. The van der Waals surface area contributed by atoms with E-state index in [9.17, 15) is 4.79 Å². The first kappa shape index (κ1) is 10.5. The quantitative estimate of drug-likeness (QED) is 0.678. The van der Waals surface area contributed by atoms with E-state index in [4.69, 9.17) is 0 Å². The largest absolute Gasteiger partial charge is 0.344 e. The molecule has 1 aliphatic carbocycles. The van der Waals surface area contributed by atoms with E-state index in [0.717, 1.165) is 19.4 Å². The van der Waals surface area contributed by atoms with Gasteiger partial charge in [-0.15, -0.1) is 0 Å². The maximum absolute atomic E-state index is 11.4. The SMILES string of the molecule is N.O=C1CCCN1C1CCCCC1. The third kappa shape index (κ3) is 2.21. The van der Waals surface area contributed by atoms with Crippen molar-refractivity contribution in [1.82, 2.24) is 11.1 Å². The highest BCUT2D eigenvalue weighted by Crippen LogP contribution is 2.25. The highest BCUT2D eigenvalue weighted by Gasteiger charge is 2.28. The van der Waals surface area contributed by atoms with E-state index < -0.39 is 0 Å². The van der Waals surface area contributed by atoms with Crippen LogP contribution in [0.5, 0.6) is 0 Å². The highest BCUT2D eigenvalue weighted by atomic mass is 16.2. The van der Waals surface area contributed by atoms with Crippen LogP contribution >= 0.6 is 0 Å². The minimum Gasteiger partial charge on any atom is -0.344 e. The van der Waals surface area contributed by atoms with Crippen LogP contribution in [0.4, 0.5) is 0 Å². The third-order valence-corrected chi connectivity index (χ3v) is 3.13. The van der Waals surface area contributed by atoms with Crippen LogP contribution in [0, 0.1) is 0 Å². The van der Waals surface area contributed by atoms with E-state index in [1.54, 1.807) is 0 Å². The Balaban J connectivity index is 0.000000845. The first-order chi connectivity index (χ1) is 5.88. The van der Waals surface area contributed by atoms with E-state index in [1.807, 2.05) is 0 Å². The topological polar surface area (TPSA) is 55.3 Å². The van der Waals surface area contributed by atoms with E-state index in [0.29, 0.717) is 11.9 Å². The third-order valence-electron chi connectivity index (χ3n) is 3.13. The number of rotatable bonds is 1. The summed E-state index contributed by atoms with van der Waals surface area (Å²) in [5, 5.41) is 0. The van der Waals surface area contributed by atoms with Gasteiger partial charge in [0.1, 0.15) is 0 Å². The van der Waals surface area contributed by atoms with Crippen molar-refractivity contribution in [3.8, 4) is 0 Å². The normalized spacial score (nSPS) is 24.6. The molecular formula is C10H20N2O. The summed E-state index contributed by atoms with van der Waals surface area (Å²) in [6, 6.07) is 0.605. The molecule has 13 heavy (non-hydrogen) atoms. The van der Waals surface area contributed by atoms with Crippen molar-refractivity contribution in [3.63, 3.8) is 0 Å². The molecule has 0 aromatic carbocycles. The molecule has 1 aliphatic heterocycles. The average Bonchev–Trinajstić information content (AvgIpc) is 2.53. The minimum absolute atomic E-state index is 0. The first-order valence-corrected chi connectivity index (χ1v) is 5.17. The molecule has 0 bridgehead atoms. The van der Waals surface area contributed by atoms with Crippen LogP contribution in [0.2, 0.25) is 0 Å². The van der Waals surface area contributed by atoms with Crippen molar-refractivity contribution in [2.75, 3.05) is 6.54 Å². The summed E-state index contributed by atoms with van der Waals surface area (Å²) in [6.07, 6.45) is 8.44. The van der Waals surface area contributed by atoms with E-state index in [-0.39, 0.29) is 6.15 Å². The van der Waals surface area contributed by atoms with Gasteiger partial charge in [0.05, 0.1) is 0 Å². The fraction of sp³-hybridized carbons (Fsp3) is 0.900. The summed E-state index contributed by atoms with van der Waals surface area (Å²) in [6.45, 7) is 1.03. The fourth-order valence-corrected chi connectivity index (χ4v) is 2.45. The van der Waals surface area contributed by atoms with Gasteiger partial charge in [-0.1, -0.05) is 19.3 Å². The number of carbonyl (C=O) groups excluding carboxylic acids is 1. The molecule has 3 nitrogen and oxygen atoms in total. The number of likely N-dealkylation sites (tertiary alicyclic amines) is 1. The van der Waals surface area contributed by atoms with Crippen LogP contribution < -0.4 is 6.15 Å². The van der Waals surface area contributed by atoms with Crippen LogP contribution in [0.15, 0.2) is 0 Å². The smallest absolute Gasteiger partial charge is 0.222 e. The van der Waals surface area contributed by atoms with Gasteiger partial charge in [0.25, 0.3) is 0 Å². The predicted molar refractivity (Wildman–Crippen MR) is 52.8 cm³/mol. The maximum atomic E-state index is 11.4. The van der Waals surface area contributed by atoms with Crippen LogP contribution in [-0.2, 0) is 4.79 Å². The fourth-order valence-electron chi connectivity index (χ4n) is 2.45. The Morgan fingerprint density at radius 3 is 2.31 bits per heavy atom. The van der Waals surface area contributed by atoms with Gasteiger partial charge >= 0.3 is 0 Å². The number of nitrogens with zero attached hydrogens (tertiary/aromatic N) is 1. The summed E-state index contributed by atoms with van der Waals surface area (Å²) >= 11 is 0. The Hall–Kier alpha value is -0.570. The molecule has 2 aliphatic rings. The Morgan fingerprint density at radius 1 is 1.08 bits per heavy atom. The van der Waals surface area contributed by atoms with Crippen molar-refractivity contribution in [2.24, 2.45) is 0 Å². The van der Waals surface area contributed by atoms with Gasteiger partial charge in [-0.25, -0.2) is 0 Å². The molecule has 0 spiro atoms. The summed E-state index contributed by atoms with van der Waals surface area (Å²) in [4.78, 5) is 13.5. The van der Waals surface area contributed by atoms with Gasteiger partial charge in [0.2, 0.25) is 5.91 Å². The minimum atomic E-state index is 0. The maximum Gasteiger partial charge on any atom is 0.222 e. The zero-order valence-electron chi connectivity index (χ0n) is 8.30. The van der Waals surface area contributed by atoms with Gasteiger partial charge in [-0.05, 0) is 19.3 Å². The van der Waals surface area contributed by atoms with Crippen LogP contribution in [0.25, 0.3) is 0 Å². The van der Waals surface area contributed by atoms with Crippen molar-refractivity contribution >= 4 is 5.91 Å². The second kappa shape index (κ2) is 4.61. The number of hydrogen-bond acceptors (Lipinski definition) is 2. The van der Waals surface area contributed by atoms with Gasteiger partial charge in [-0.3, -0.25) is 4.79 Å². The molecule has 76 valence electrons. The molecule has 3 N–H and O–H groups in total. The molecule has 0 aromatic rings. The second-order valence-corrected chi connectivity index (χ2v) is 3.98. The number of carbonyl (C=O) groups is 1. The second-order valence-electron chi connectivity index (χ2n) is 3.98. The summed E-state index contributed by atoms with van der Waals surface area (Å²) in [5.74, 6) is 0.405. The van der Waals surface area contributed by atoms with Crippen LogP contribution in [0.3, 0.4) is 0 Å². The molecule has 2 fully saturated rings. The lowest BCUT2D eigenvalue weighted by Crippen LogP contribution is -2.37. The zero-order valence-corrected chi connectivity index (χ0v) is 8.30. The van der Waals surface area contributed by atoms with Crippen LogP contribution in [-0.4, -0.2) is 23.4 Å². The zero-order chi connectivity index (χ0) is 8.39. The highest BCUT2D eigenvalue weighted by molar-refractivity contribution is 5.78. The van der Waals surface area contributed by atoms with E-state index in [1.165, 1.54) is 32.1 Å². The summed E-state index contributed by atoms with van der Waals surface area (Å²) < 4.78 is 0. The molecule has 1 saturated carbocycles. The standard InChI is InChI=1S/C10H17NO.H3N/c12-10-7-4-8-11(10)9-5-2-1-3-6-9;/h9H,1-8H2;1H3. The van der Waals surface area contributed by atoms with Crippen molar-refractivity contribution < 1.29 is 4.79 Å². The Labute approximate surface area is 80.1 Å². The lowest BCUT2D eigenvalue weighted by atomic mass is 9.94. The van der Waals surface area contributed by atoms with Gasteiger partial charge < -0.3 is 11.1 Å². The van der Waals surface area contributed by atoms with Gasteiger partial charge in [0.15, 0.2) is 0 Å². The lowest BCUT2D eigenvalue weighted by Gasteiger charge is -2.30. The summed E-state index contributed by atoms with van der Waals surface area (Å²) in [5.41, 5.74) is 0. The molecule has 1 heterocycles. The molecule has 2 rings (SSSR count). The molecule has 3 heteroatoms. The van der Waals surface area contributed by atoms with Gasteiger partial charge in [-0.2, -0.15) is 0 Å². The Kier molecular flexibility index (Phi) is 3.72. The predicted octanol–water partition coefficient (Wildman–Crippen LogP) is 2.10. The Bertz CT molecular complexity index is 176. The molecule has 0 aromatic heterocycles. The van der Waals surface area contributed by atoms with Crippen LogP contribution in [0.1, 0.15) is 44.9 Å². The Morgan fingerprint density at radius 2 is 1.77 bits per heavy atom. The van der Waals surface area contributed by atoms with Crippen molar-refractivity contribution in [3.05, 3.63) is 0 Å². The number of amides is 1. The molecule has 1 amide bonds. The molecule has 1 saturated heterocycles. The first-order valence-electron chi connectivity index (χ1n) is 5.17. The van der Waals surface area contributed by atoms with Gasteiger partial charge in [0, 0.05) is 19.0 Å². The molecular weight excluding hydrogens is 164 g/mol. The molecule has 0 radical (unpaired) electrons. The van der Waals surface area contributed by atoms with Crippen molar-refractivity contribution in [2.45, 2.75) is 51.0 Å². The summed E-state index contributed by atoms with van der Waals surface area (Å²) in [7, 11) is 0. The van der Waals surface area contributed by atoms with Crippen molar-refractivity contribution in [1.29, 1.82) is 0 Å². The molecule has 0 atom stereocenters. The van der Waals surface area contributed by atoms with E-state index >= 15 is 0 Å². The molecule has 0 unspecified atom stereocenters. The lowest BCUT2D eigenvalue weighted by molar-refractivity contribution is -0.130. The van der Waals surface area contributed by atoms with E-state index in [2.05, 4.69) is 4.90 Å². The average molecular weight is 184 g/mol.